The highest BCUT2D eigenvalue weighted by atomic mass is 16.7. The lowest BCUT2D eigenvalue weighted by atomic mass is 9.90. The van der Waals surface area contributed by atoms with Gasteiger partial charge in [0.2, 0.25) is 0 Å². The molecule has 1 aromatic heterocycles. The molecule has 0 radical (unpaired) electrons. The number of hydrogen-bond donors (Lipinski definition) is 0. The second kappa shape index (κ2) is 5.18. The molecule has 1 aromatic rings. The van der Waals surface area contributed by atoms with Crippen LogP contribution in [0, 0.1) is 0 Å². The molecule has 1 fully saturated rings. The molecule has 19 heavy (non-hydrogen) atoms. The Morgan fingerprint density at radius 2 is 1.84 bits per heavy atom. The Bertz CT molecular complexity index is 446. The van der Waals surface area contributed by atoms with E-state index in [4.69, 9.17) is 9.31 Å². The van der Waals surface area contributed by atoms with Gasteiger partial charge < -0.3 is 13.9 Å². The predicted molar refractivity (Wildman–Crippen MR) is 79.8 cm³/mol. The summed E-state index contributed by atoms with van der Waals surface area (Å²) < 4.78 is 14.1. The molecule has 0 saturated carbocycles. The average molecular weight is 261 g/mol. The summed E-state index contributed by atoms with van der Waals surface area (Å²) in [4.78, 5) is 0. The van der Waals surface area contributed by atoms with Crippen molar-refractivity contribution in [2.75, 3.05) is 0 Å². The van der Waals surface area contributed by atoms with Crippen molar-refractivity contribution in [3.63, 3.8) is 0 Å². The van der Waals surface area contributed by atoms with E-state index in [0.29, 0.717) is 0 Å². The van der Waals surface area contributed by atoms with E-state index in [-0.39, 0.29) is 18.3 Å². The van der Waals surface area contributed by atoms with Gasteiger partial charge in [-0.2, -0.15) is 0 Å². The van der Waals surface area contributed by atoms with E-state index in [1.165, 1.54) is 5.69 Å². The summed E-state index contributed by atoms with van der Waals surface area (Å²) in [7, 11) is -0.269. The lowest BCUT2D eigenvalue weighted by Crippen LogP contribution is -2.41. The maximum absolute atomic E-state index is 5.94. The second-order valence-electron chi connectivity index (χ2n) is 6.11. The Morgan fingerprint density at radius 3 is 2.42 bits per heavy atom. The van der Waals surface area contributed by atoms with E-state index < -0.39 is 0 Å². The van der Waals surface area contributed by atoms with Crippen LogP contribution < -0.4 is 0 Å². The highest BCUT2D eigenvalue weighted by molar-refractivity contribution is 6.52. The molecule has 1 saturated heterocycles. The fourth-order valence-electron chi connectivity index (χ4n) is 2.17. The molecule has 4 heteroatoms. The maximum Gasteiger partial charge on any atom is 0.487 e. The Morgan fingerprint density at radius 1 is 1.21 bits per heavy atom. The van der Waals surface area contributed by atoms with Gasteiger partial charge in [0.15, 0.2) is 0 Å². The standard InChI is InChI=1S/C15H24BNO2/c1-6-11-17-12-7-8-13(17)9-10-16-18-14(2,3)15(4,5)19-16/h7-10,12H,6,11H2,1-5H3/b10-9+. The number of rotatable bonds is 4. The average Bonchev–Trinajstić information content (AvgIpc) is 2.80. The minimum atomic E-state index is -0.270. The maximum atomic E-state index is 5.94. The van der Waals surface area contributed by atoms with Gasteiger partial charge in [0, 0.05) is 18.4 Å². The highest BCUT2D eigenvalue weighted by Gasteiger charge is 2.49. The van der Waals surface area contributed by atoms with Crippen LogP contribution in [0.15, 0.2) is 24.3 Å². The quantitative estimate of drug-likeness (QED) is 0.774. The van der Waals surface area contributed by atoms with Gasteiger partial charge in [0.05, 0.1) is 11.2 Å². The normalized spacial score (nSPS) is 21.4. The second-order valence-corrected chi connectivity index (χ2v) is 6.11. The zero-order valence-electron chi connectivity index (χ0n) is 12.6. The Labute approximate surface area is 116 Å². The smallest absolute Gasteiger partial charge is 0.400 e. The molecular formula is C15H24BNO2. The zero-order valence-corrected chi connectivity index (χ0v) is 12.6. The fraction of sp³-hybridized carbons (Fsp3) is 0.600. The van der Waals surface area contributed by atoms with Gasteiger partial charge in [-0.15, -0.1) is 0 Å². The van der Waals surface area contributed by atoms with Gasteiger partial charge in [0.25, 0.3) is 0 Å². The number of aromatic nitrogens is 1. The van der Waals surface area contributed by atoms with E-state index >= 15 is 0 Å². The van der Waals surface area contributed by atoms with Gasteiger partial charge >= 0.3 is 7.12 Å². The molecule has 0 amide bonds. The van der Waals surface area contributed by atoms with Crippen LogP contribution in [0.25, 0.3) is 6.08 Å². The van der Waals surface area contributed by atoms with Gasteiger partial charge in [-0.3, -0.25) is 0 Å². The Balaban J connectivity index is 2.06. The van der Waals surface area contributed by atoms with Crippen molar-refractivity contribution in [1.82, 2.24) is 4.57 Å². The van der Waals surface area contributed by atoms with E-state index in [9.17, 15) is 0 Å². The summed E-state index contributed by atoms with van der Waals surface area (Å²) in [5.41, 5.74) is 0.650. The third-order valence-electron chi connectivity index (χ3n) is 4.02. The van der Waals surface area contributed by atoms with E-state index in [2.05, 4.69) is 63.6 Å². The summed E-state index contributed by atoms with van der Waals surface area (Å²) in [6.45, 7) is 11.5. The first-order valence-electron chi connectivity index (χ1n) is 7.05. The summed E-state index contributed by atoms with van der Waals surface area (Å²) >= 11 is 0. The van der Waals surface area contributed by atoms with Crippen LogP contribution >= 0.6 is 0 Å². The van der Waals surface area contributed by atoms with Crippen LogP contribution in [0.4, 0.5) is 0 Å². The molecule has 0 atom stereocenters. The topological polar surface area (TPSA) is 23.4 Å². The molecule has 0 aliphatic carbocycles. The molecule has 0 N–H and O–H groups in total. The predicted octanol–water partition coefficient (Wildman–Crippen LogP) is 3.54. The van der Waals surface area contributed by atoms with Crippen molar-refractivity contribution in [3.05, 3.63) is 30.0 Å². The van der Waals surface area contributed by atoms with Crippen LogP contribution in [0.1, 0.15) is 46.7 Å². The molecule has 1 aliphatic heterocycles. The zero-order chi connectivity index (χ0) is 14.1. The molecule has 2 heterocycles. The van der Waals surface area contributed by atoms with Crippen LogP contribution in [0.2, 0.25) is 0 Å². The van der Waals surface area contributed by atoms with E-state index in [1.807, 2.05) is 5.98 Å². The van der Waals surface area contributed by atoms with Crippen molar-refractivity contribution in [3.8, 4) is 0 Å². The van der Waals surface area contributed by atoms with E-state index in [1.54, 1.807) is 0 Å². The van der Waals surface area contributed by atoms with Gasteiger partial charge in [-0.1, -0.05) is 12.9 Å². The minimum Gasteiger partial charge on any atom is -0.400 e. The molecule has 0 bridgehead atoms. The highest BCUT2D eigenvalue weighted by Crippen LogP contribution is 2.36. The van der Waals surface area contributed by atoms with Crippen LogP contribution in [0.5, 0.6) is 0 Å². The van der Waals surface area contributed by atoms with Crippen LogP contribution in [0.3, 0.4) is 0 Å². The number of nitrogens with zero attached hydrogens (tertiary/aromatic N) is 1. The molecule has 0 spiro atoms. The molecule has 1 aliphatic rings. The Kier molecular flexibility index (Phi) is 3.93. The lowest BCUT2D eigenvalue weighted by molar-refractivity contribution is 0.00578. The van der Waals surface area contributed by atoms with Gasteiger partial charge in [-0.25, -0.2) is 0 Å². The van der Waals surface area contributed by atoms with Gasteiger partial charge in [0.1, 0.15) is 0 Å². The van der Waals surface area contributed by atoms with Crippen molar-refractivity contribution >= 4 is 13.2 Å². The Hall–Kier alpha value is -0.995. The van der Waals surface area contributed by atoms with Crippen molar-refractivity contribution in [1.29, 1.82) is 0 Å². The summed E-state index contributed by atoms with van der Waals surface area (Å²) in [5.74, 6) is 2.00. The molecule has 0 aromatic carbocycles. The van der Waals surface area contributed by atoms with Crippen molar-refractivity contribution in [2.45, 2.75) is 58.8 Å². The monoisotopic (exact) mass is 261 g/mol. The molecular weight excluding hydrogens is 237 g/mol. The largest absolute Gasteiger partial charge is 0.487 e. The molecule has 3 nitrogen and oxygen atoms in total. The van der Waals surface area contributed by atoms with Crippen LogP contribution in [-0.2, 0) is 15.9 Å². The first-order valence-corrected chi connectivity index (χ1v) is 7.05. The third-order valence-corrected chi connectivity index (χ3v) is 4.02. The van der Waals surface area contributed by atoms with E-state index in [0.717, 1.165) is 13.0 Å². The van der Waals surface area contributed by atoms with Crippen LogP contribution in [-0.4, -0.2) is 22.9 Å². The number of aryl methyl sites for hydroxylation is 1. The molecule has 0 unspecified atom stereocenters. The summed E-state index contributed by atoms with van der Waals surface area (Å²) in [6, 6.07) is 4.18. The minimum absolute atomic E-state index is 0.269. The molecule has 104 valence electrons. The number of hydrogen-bond acceptors (Lipinski definition) is 2. The lowest BCUT2D eigenvalue weighted by Gasteiger charge is -2.32. The molecule has 2 rings (SSSR count). The summed E-state index contributed by atoms with van der Waals surface area (Å²) in [6.07, 6.45) is 5.32. The van der Waals surface area contributed by atoms with Gasteiger partial charge in [-0.05, 0) is 52.3 Å². The third kappa shape index (κ3) is 2.95. The van der Waals surface area contributed by atoms with Crippen molar-refractivity contribution in [2.24, 2.45) is 0 Å². The first kappa shape index (κ1) is 14.4. The summed E-state index contributed by atoms with van der Waals surface area (Å²) in [5, 5.41) is 0. The fourth-order valence-corrected chi connectivity index (χ4v) is 2.17. The SMILES string of the molecule is CCCn1cccc1/C=C/B1OC(C)(C)C(C)(C)O1. The first-order chi connectivity index (χ1) is 8.86. The van der Waals surface area contributed by atoms with Crippen molar-refractivity contribution < 1.29 is 9.31 Å².